The molecule has 1 aliphatic heterocycles. The third-order valence-electron chi connectivity index (χ3n) is 4.93. The Balaban J connectivity index is 1.92. The summed E-state index contributed by atoms with van der Waals surface area (Å²) in [6.07, 6.45) is 7.51. The molecular weight excluding hydrogens is 224 g/mol. The van der Waals surface area contributed by atoms with E-state index in [9.17, 15) is 5.11 Å². The molecule has 0 radical (unpaired) electrons. The maximum Gasteiger partial charge on any atom is 0.0667 e. The smallest absolute Gasteiger partial charge is 0.0667 e. The van der Waals surface area contributed by atoms with E-state index in [1.54, 1.807) is 0 Å². The zero-order valence-corrected chi connectivity index (χ0v) is 12.1. The van der Waals surface area contributed by atoms with Crippen LogP contribution in [0.2, 0.25) is 0 Å². The van der Waals surface area contributed by atoms with Crippen LogP contribution in [0.4, 0.5) is 0 Å². The van der Waals surface area contributed by atoms with Crippen molar-refractivity contribution in [2.75, 3.05) is 33.2 Å². The summed E-state index contributed by atoms with van der Waals surface area (Å²) in [7, 11) is 2.07. The maximum absolute atomic E-state index is 9.81. The molecule has 0 aromatic heterocycles. The Morgan fingerprint density at radius 2 is 2.00 bits per heavy atom. The van der Waals surface area contributed by atoms with E-state index in [2.05, 4.69) is 24.2 Å². The number of nitrogens with one attached hydrogen (secondary N) is 1. The normalized spacial score (nSPS) is 38.8. The van der Waals surface area contributed by atoms with Crippen molar-refractivity contribution < 1.29 is 5.11 Å². The Bertz CT molecular complexity index is 249. The van der Waals surface area contributed by atoms with Gasteiger partial charge >= 0.3 is 0 Å². The van der Waals surface area contributed by atoms with Crippen LogP contribution in [0.5, 0.6) is 0 Å². The van der Waals surface area contributed by atoms with Crippen LogP contribution in [0.25, 0.3) is 0 Å². The van der Waals surface area contributed by atoms with Gasteiger partial charge < -0.3 is 15.3 Å². The Kier molecular flexibility index (Phi) is 5.05. The summed E-state index contributed by atoms with van der Waals surface area (Å²) in [6.45, 7) is 6.76. The second-order valence-electron chi connectivity index (χ2n) is 6.74. The van der Waals surface area contributed by atoms with Gasteiger partial charge in [-0.2, -0.15) is 0 Å². The number of piperidine rings is 1. The minimum Gasteiger partial charge on any atom is -0.392 e. The Labute approximate surface area is 112 Å². The van der Waals surface area contributed by atoms with E-state index < -0.39 is 0 Å². The first-order valence-electron chi connectivity index (χ1n) is 7.68. The van der Waals surface area contributed by atoms with Gasteiger partial charge in [-0.15, -0.1) is 0 Å². The van der Waals surface area contributed by atoms with Crippen molar-refractivity contribution >= 4 is 0 Å². The first kappa shape index (κ1) is 14.3. The first-order chi connectivity index (χ1) is 8.63. The summed E-state index contributed by atoms with van der Waals surface area (Å²) >= 11 is 0. The topological polar surface area (TPSA) is 35.5 Å². The molecule has 106 valence electrons. The summed E-state index contributed by atoms with van der Waals surface area (Å²) in [5.41, 5.74) is 0.457. The van der Waals surface area contributed by atoms with Gasteiger partial charge in [0.1, 0.15) is 0 Å². The molecule has 0 aromatic rings. The summed E-state index contributed by atoms with van der Waals surface area (Å²) in [4.78, 5) is 2.50. The third kappa shape index (κ3) is 3.69. The number of rotatable bonds is 4. The van der Waals surface area contributed by atoms with Crippen molar-refractivity contribution in [3.63, 3.8) is 0 Å². The third-order valence-corrected chi connectivity index (χ3v) is 4.93. The standard InChI is InChI=1S/C15H30N2O/c1-13-5-7-15(8-6-13,11-16-2)12-17-9-3-4-14(18)10-17/h13-14,16,18H,3-12H2,1-2H3. The van der Waals surface area contributed by atoms with Gasteiger partial charge in [-0.25, -0.2) is 0 Å². The lowest BCUT2D eigenvalue weighted by molar-refractivity contribution is 0.0265. The fourth-order valence-electron chi connectivity index (χ4n) is 3.79. The summed E-state index contributed by atoms with van der Waals surface area (Å²) in [6, 6.07) is 0. The van der Waals surface area contributed by atoms with Crippen LogP contribution < -0.4 is 5.32 Å². The summed E-state index contributed by atoms with van der Waals surface area (Å²) in [5, 5.41) is 13.2. The highest BCUT2D eigenvalue weighted by atomic mass is 16.3. The summed E-state index contributed by atoms with van der Waals surface area (Å²) in [5.74, 6) is 0.905. The van der Waals surface area contributed by atoms with Crippen molar-refractivity contribution in [2.24, 2.45) is 11.3 Å². The zero-order chi connectivity index (χ0) is 13.0. The number of nitrogens with zero attached hydrogens (tertiary/aromatic N) is 1. The molecule has 2 aliphatic rings. The highest BCUT2D eigenvalue weighted by molar-refractivity contribution is 4.90. The van der Waals surface area contributed by atoms with Crippen LogP contribution in [0.15, 0.2) is 0 Å². The lowest BCUT2D eigenvalue weighted by Crippen LogP contribution is -2.49. The zero-order valence-electron chi connectivity index (χ0n) is 12.1. The number of β-amino-alcohol motifs (C(OH)–C–C–N with tert-alkyl or cyclic N) is 1. The largest absolute Gasteiger partial charge is 0.392 e. The van der Waals surface area contributed by atoms with Crippen molar-refractivity contribution in [2.45, 2.75) is 51.6 Å². The van der Waals surface area contributed by atoms with Gasteiger partial charge in [-0.3, -0.25) is 0 Å². The van der Waals surface area contributed by atoms with Crippen molar-refractivity contribution in [3.8, 4) is 0 Å². The Hall–Kier alpha value is -0.120. The van der Waals surface area contributed by atoms with Crippen molar-refractivity contribution in [3.05, 3.63) is 0 Å². The monoisotopic (exact) mass is 254 g/mol. The van der Waals surface area contributed by atoms with Crippen LogP contribution >= 0.6 is 0 Å². The Morgan fingerprint density at radius 1 is 1.28 bits per heavy atom. The summed E-state index contributed by atoms with van der Waals surface area (Å²) < 4.78 is 0. The molecule has 1 unspecified atom stereocenters. The lowest BCUT2D eigenvalue weighted by Gasteiger charge is -2.44. The van der Waals surface area contributed by atoms with E-state index in [4.69, 9.17) is 0 Å². The number of hydrogen-bond acceptors (Lipinski definition) is 3. The minimum absolute atomic E-state index is 0.0899. The molecule has 0 aromatic carbocycles. The van der Waals surface area contributed by atoms with Crippen LogP contribution in [-0.4, -0.2) is 49.3 Å². The molecule has 2 N–H and O–H groups in total. The molecule has 18 heavy (non-hydrogen) atoms. The van der Waals surface area contributed by atoms with Crippen LogP contribution in [-0.2, 0) is 0 Å². The molecule has 0 amide bonds. The molecule has 1 saturated heterocycles. The van der Waals surface area contributed by atoms with Gasteiger partial charge in [0, 0.05) is 19.6 Å². The molecule has 0 bridgehead atoms. The molecule has 3 nitrogen and oxygen atoms in total. The van der Waals surface area contributed by atoms with E-state index in [-0.39, 0.29) is 6.10 Å². The highest BCUT2D eigenvalue weighted by Gasteiger charge is 2.36. The molecule has 1 atom stereocenters. The number of likely N-dealkylation sites (tertiary alicyclic amines) is 1. The Morgan fingerprint density at radius 3 is 2.61 bits per heavy atom. The highest BCUT2D eigenvalue weighted by Crippen LogP contribution is 2.39. The predicted molar refractivity (Wildman–Crippen MR) is 75.7 cm³/mol. The molecule has 1 saturated carbocycles. The van der Waals surface area contributed by atoms with Gasteiger partial charge in [-0.1, -0.05) is 19.8 Å². The molecule has 1 heterocycles. The van der Waals surface area contributed by atoms with Crippen LogP contribution in [0.3, 0.4) is 0 Å². The predicted octanol–water partition coefficient (Wildman–Crippen LogP) is 1.86. The van der Waals surface area contributed by atoms with Gasteiger partial charge in [0.2, 0.25) is 0 Å². The molecular formula is C15H30N2O. The fraction of sp³-hybridized carbons (Fsp3) is 1.00. The van der Waals surface area contributed by atoms with Gasteiger partial charge in [-0.05, 0) is 50.6 Å². The van der Waals surface area contributed by atoms with Crippen LogP contribution in [0, 0.1) is 11.3 Å². The van der Waals surface area contributed by atoms with E-state index >= 15 is 0 Å². The van der Waals surface area contributed by atoms with Gasteiger partial charge in [0.25, 0.3) is 0 Å². The van der Waals surface area contributed by atoms with Gasteiger partial charge in [0.15, 0.2) is 0 Å². The lowest BCUT2D eigenvalue weighted by atomic mass is 9.70. The van der Waals surface area contributed by atoms with E-state index in [1.165, 1.54) is 38.8 Å². The first-order valence-corrected chi connectivity index (χ1v) is 7.68. The second-order valence-corrected chi connectivity index (χ2v) is 6.74. The molecule has 3 heteroatoms. The fourth-order valence-corrected chi connectivity index (χ4v) is 3.79. The van der Waals surface area contributed by atoms with Crippen LogP contribution in [0.1, 0.15) is 45.4 Å². The van der Waals surface area contributed by atoms with Crippen molar-refractivity contribution in [1.82, 2.24) is 10.2 Å². The van der Waals surface area contributed by atoms with E-state index in [0.29, 0.717) is 5.41 Å². The number of aliphatic hydroxyl groups excluding tert-OH is 1. The maximum atomic E-state index is 9.81. The average Bonchev–Trinajstić information content (AvgIpc) is 2.34. The molecule has 0 spiro atoms. The molecule has 2 rings (SSSR count). The quantitative estimate of drug-likeness (QED) is 0.804. The average molecular weight is 254 g/mol. The van der Waals surface area contributed by atoms with E-state index in [1.807, 2.05) is 0 Å². The van der Waals surface area contributed by atoms with Crippen molar-refractivity contribution in [1.29, 1.82) is 0 Å². The SMILES string of the molecule is CNCC1(CN2CCCC(O)C2)CCC(C)CC1. The van der Waals surface area contributed by atoms with E-state index in [0.717, 1.165) is 31.8 Å². The molecule has 1 aliphatic carbocycles. The number of aliphatic hydroxyl groups is 1. The molecule has 2 fully saturated rings. The van der Waals surface area contributed by atoms with Gasteiger partial charge in [0.05, 0.1) is 6.10 Å². The second kappa shape index (κ2) is 6.36. The minimum atomic E-state index is -0.0899. The number of hydrogen-bond donors (Lipinski definition) is 2.